The number of rotatable bonds is 12. The monoisotopic (exact) mass is 454 g/mol. The number of hydrogen-bond acceptors (Lipinski definition) is 5. The van der Waals surface area contributed by atoms with Crippen molar-refractivity contribution in [3.63, 3.8) is 0 Å². The number of amides is 3. The molecule has 9 nitrogen and oxygen atoms in total. The summed E-state index contributed by atoms with van der Waals surface area (Å²) in [6.45, 7) is 11.9. The van der Waals surface area contributed by atoms with Crippen LogP contribution >= 0.6 is 0 Å². The third-order valence-corrected chi connectivity index (χ3v) is 6.00. The molecule has 184 valence electrons. The van der Waals surface area contributed by atoms with Crippen molar-refractivity contribution in [3.05, 3.63) is 0 Å². The topological polar surface area (TPSA) is 142 Å². The highest BCUT2D eigenvalue weighted by molar-refractivity contribution is 5.94. The first-order chi connectivity index (χ1) is 14.9. The highest BCUT2D eigenvalue weighted by Gasteiger charge is 2.38. The van der Waals surface area contributed by atoms with Crippen molar-refractivity contribution in [1.29, 1.82) is 0 Å². The summed E-state index contributed by atoms with van der Waals surface area (Å²) in [4.78, 5) is 51.9. The Morgan fingerprint density at radius 1 is 1.03 bits per heavy atom. The lowest BCUT2D eigenvalue weighted by Crippen LogP contribution is -2.57. The van der Waals surface area contributed by atoms with Gasteiger partial charge in [-0.05, 0) is 43.4 Å². The molecular weight excluding hydrogens is 412 g/mol. The smallest absolute Gasteiger partial charge is 0.326 e. The molecule has 0 spiro atoms. The summed E-state index contributed by atoms with van der Waals surface area (Å²) in [5.41, 5.74) is 6.06. The lowest BCUT2D eigenvalue weighted by molar-refractivity contribution is -0.144. The fourth-order valence-corrected chi connectivity index (χ4v) is 4.03. The molecule has 0 aromatic rings. The number of hydrogen-bond donors (Lipinski definition) is 4. The molecule has 1 heterocycles. The van der Waals surface area contributed by atoms with E-state index >= 15 is 0 Å². The van der Waals surface area contributed by atoms with Crippen LogP contribution in [0.1, 0.15) is 73.6 Å². The van der Waals surface area contributed by atoms with Crippen molar-refractivity contribution in [2.75, 3.05) is 6.54 Å². The predicted molar refractivity (Wildman–Crippen MR) is 123 cm³/mol. The number of carboxylic acid groups (broad SMARTS) is 1. The molecule has 0 aliphatic carbocycles. The summed E-state index contributed by atoms with van der Waals surface area (Å²) in [5, 5.41) is 14.9. The SMILES string of the molecule is CCC(C)C(NC(=O)C(CC(C)C)NC(=O)C1CCCN1C(=O)C(N)CC(C)C)C(=O)O. The molecule has 32 heavy (non-hydrogen) atoms. The van der Waals surface area contributed by atoms with Gasteiger partial charge in [0, 0.05) is 6.54 Å². The van der Waals surface area contributed by atoms with Crippen LogP contribution in [0, 0.1) is 17.8 Å². The summed E-state index contributed by atoms with van der Waals surface area (Å²) < 4.78 is 0. The van der Waals surface area contributed by atoms with Crippen molar-refractivity contribution >= 4 is 23.7 Å². The summed E-state index contributed by atoms with van der Waals surface area (Å²) in [6.07, 6.45) is 2.68. The van der Waals surface area contributed by atoms with Crippen LogP contribution in [0.2, 0.25) is 0 Å². The maximum absolute atomic E-state index is 13.1. The zero-order valence-corrected chi connectivity index (χ0v) is 20.4. The molecule has 0 radical (unpaired) electrons. The number of aliphatic carboxylic acids is 1. The van der Waals surface area contributed by atoms with E-state index in [1.54, 1.807) is 6.92 Å². The Morgan fingerprint density at radius 2 is 1.62 bits per heavy atom. The van der Waals surface area contributed by atoms with Crippen molar-refractivity contribution in [3.8, 4) is 0 Å². The molecule has 1 saturated heterocycles. The van der Waals surface area contributed by atoms with Crippen LogP contribution in [0.5, 0.6) is 0 Å². The van der Waals surface area contributed by atoms with Gasteiger partial charge in [-0.3, -0.25) is 14.4 Å². The largest absolute Gasteiger partial charge is 0.480 e. The van der Waals surface area contributed by atoms with Crippen molar-refractivity contribution in [2.45, 2.75) is 97.8 Å². The fourth-order valence-electron chi connectivity index (χ4n) is 4.03. The molecule has 3 amide bonds. The number of carboxylic acids is 1. The maximum atomic E-state index is 13.1. The Bertz CT molecular complexity index is 667. The molecule has 1 rings (SSSR count). The number of nitrogens with one attached hydrogen (secondary N) is 2. The second kappa shape index (κ2) is 12.8. The van der Waals surface area contributed by atoms with E-state index < -0.39 is 42.0 Å². The average Bonchev–Trinajstić information content (AvgIpc) is 3.18. The lowest BCUT2D eigenvalue weighted by atomic mass is 9.97. The molecule has 1 fully saturated rings. The van der Waals surface area contributed by atoms with Crippen LogP contribution in [0.3, 0.4) is 0 Å². The second-order valence-electron chi connectivity index (χ2n) is 9.83. The van der Waals surface area contributed by atoms with E-state index in [9.17, 15) is 24.3 Å². The van der Waals surface area contributed by atoms with E-state index in [1.165, 1.54) is 4.90 Å². The number of nitrogens with zero attached hydrogens (tertiary/aromatic N) is 1. The van der Waals surface area contributed by atoms with E-state index in [0.29, 0.717) is 38.6 Å². The molecule has 1 aliphatic heterocycles. The van der Waals surface area contributed by atoms with Crippen molar-refractivity contribution in [2.24, 2.45) is 23.5 Å². The molecule has 9 heteroatoms. The summed E-state index contributed by atoms with van der Waals surface area (Å²) in [5.74, 6) is -2.17. The highest BCUT2D eigenvalue weighted by Crippen LogP contribution is 2.20. The Hall–Kier alpha value is -2.16. The number of carbonyl (C=O) groups excluding carboxylic acids is 3. The average molecular weight is 455 g/mol. The van der Waals surface area contributed by atoms with Crippen molar-refractivity contribution in [1.82, 2.24) is 15.5 Å². The van der Waals surface area contributed by atoms with Gasteiger partial charge in [0.25, 0.3) is 0 Å². The minimum atomic E-state index is -1.10. The zero-order valence-electron chi connectivity index (χ0n) is 20.4. The Balaban J connectivity index is 2.93. The predicted octanol–water partition coefficient (Wildman–Crippen LogP) is 1.50. The number of carbonyl (C=O) groups is 4. The van der Waals surface area contributed by atoms with E-state index in [0.717, 1.165) is 0 Å². The maximum Gasteiger partial charge on any atom is 0.326 e. The zero-order chi connectivity index (χ0) is 24.6. The van der Waals surface area contributed by atoms with E-state index in [2.05, 4.69) is 10.6 Å². The standard InChI is InChI=1S/C23H42N4O5/c1-7-15(6)19(23(31)32)26-20(28)17(12-14(4)5)25-21(29)18-9-8-10-27(18)22(30)16(24)11-13(2)3/h13-19H,7-12,24H2,1-6H3,(H,25,29)(H,26,28)(H,31,32). The minimum absolute atomic E-state index is 0.0960. The first-order valence-corrected chi connectivity index (χ1v) is 11.8. The van der Waals surface area contributed by atoms with Gasteiger partial charge in [-0.1, -0.05) is 48.0 Å². The molecule has 5 unspecified atom stereocenters. The van der Waals surface area contributed by atoms with Gasteiger partial charge >= 0.3 is 5.97 Å². The van der Waals surface area contributed by atoms with Gasteiger partial charge in [0.05, 0.1) is 6.04 Å². The molecule has 5 atom stereocenters. The van der Waals surface area contributed by atoms with Crippen LogP contribution in [0.4, 0.5) is 0 Å². The summed E-state index contributed by atoms with van der Waals surface area (Å²) >= 11 is 0. The van der Waals surface area contributed by atoms with Gasteiger partial charge in [-0.2, -0.15) is 0 Å². The molecule has 0 bridgehead atoms. The summed E-state index contributed by atoms with van der Waals surface area (Å²) in [7, 11) is 0. The van der Waals surface area contributed by atoms with Crippen LogP contribution in [-0.2, 0) is 19.2 Å². The van der Waals surface area contributed by atoms with Crippen LogP contribution in [0.25, 0.3) is 0 Å². The Kier molecular flexibility index (Phi) is 11.1. The van der Waals surface area contributed by atoms with Crippen LogP contribution in [0.15, 0.2) is 0 Å². The molecular formula is C23H42N4O5. The second-order valence-corrected chi connectivity index (χ2v) is 9.83. The van der Waals surface area contributed by atoms with Crippen LogP contribution in [-0.4, -0.2) is 64.4 Å². The Labute approximate surface area is 191 Å². The fraction of sp³-hybridized carbons (Fsp3) is 0.826. The molecule has 5 N–H and O–H groups in total. The first kappa shape index (κ1) is 27.9. The van der Waals surface area contributed by atoms with E-state index in [-0.39, 0.29) is 23.7 Å². The number of likely N-dealkylation sites (tertiary alicyclic amines) is 1. The highest BCUT2D eigenvalue weighted by atomic mass is 16.4. The van der Waals surface area contributed by atoms with Crippen LogP contribution < -0.4 is 16.4 Å². The molecule has 0 aromatic carbocycles. The molecule has 0 saturated carbocycles. The van der Waals surface area contributed by atoms with Gasteiger partial charge in [-0.15, -0.1) is 0 Å². The van der Waals surface area contributed by atoms with Crippen molar-refractivity contribution < 1.29 is 24.3 Å². The molecule has 1 aliphatic rings. The van der Waals surface area contributed by atoms with Gasteiger partial charge in [0.15, 0.2) is 0 Å². The van der Waals surface area contributed by atoms with Gasteiger partial charge < -0.3 is 26.4 Å². The third-order valence-electron chi connectivity index (χ3n) is 6.00. The third kappa shape index (κ3) is 8.07. The van der Waals surface area contributed by atoms with Gasteiger partial charge in [0.2, 0.25) is 17.7 Å². The Morgan fingerprint density at radius 3 is 2.12 bits per heavy atom. The lowest BCUT2D eigenvalue weighted by Gasteiger charge is -2.30. The van der Waals surface area contributed by atoms with Gasteiger partial charge in [-0.25, -0.2) is 4.79 Å². The quantitative estimate of drug-likeness (QED) is 0.352. The summed E-state index contributed by atoms with van der Waals surface area (Å²) in [6, 6.07) is -3.24. The van der Waals surface area contributed by atoms with Gasteiger partial charge in [0.1, 0.15) is 18.1 Å². The first-order valence-electron chi connectivity index (χ1n) is 11.8. The van der Waals surface area contributed by atoms with E-state index in [1.807, 2.05) is 34.6 Å². The molecule has 0 aromatic heterocycles. The van der Waals surface area contributed by atoms with E-state index in [4.69, 9.17) is 5.73 Å². The number of nitrogens with two attached hydrogens (primary N) is 1. The normalized spacial score (nSPS) is 20.0. The minimum Gasteiger partial charge on any atom is -0.480 e.